The molecule has 0 bridgehead atoms. The first-order chi connectivity index (χ1) is 21.9. The molecule has 0 radical (unpaired) electrons. The van der Waals surface area contributed by atoms with Crippen molar-refractivity contribution in [2.24, 2.45) is 5.92 Å². The van der Waals surface area contributed by atoms with Crippen molar-refractivity contribution in [1.29, 1.82) is 0 Å². The second-order valence-corrected chi connectivity index (χ2v) is 11.4. The molecule has 0 amide bonds. The molecule has 0 aliphatic rings. The number of rotatable bonds is 20. The van der Waals surface area contributed by atoms with Crippen molar-refractivity contribution >= 4 is 11.9 Å². The van der Waals surface area contributed by atoms with Gasteiger partial charge < -0.3 is 24.4 Å². The van der Waals surface area contributed by atoms with Crippen LogP contribution in [-0.4, -0.2) is 48.6 Å². The van der Waals surface area contributed by atoms with Crippen molar-refractivity contribution < 1.29 is 34.0 Å². The number of hydrogen-bond donors (Lipinski definition) is 2. The quantitative estimate of drug-likeness (QED) is 0.0795. The Kier molecular flexibility index (Phi) is 15.6. The second-order valence-electron chi connectivity index (χ2n) is 11.4. The van der Waals surface area contributed by atoms with Crippen LogP contribution in [0.1, 0.15) is 81.5 Å². The first kappa shape index (κ1) is 35.8. The van der Waals surface area contributed by atoms with Crippen molar-refractivity contribution in [3.8, 4) is 22.6 Å². The third kappa shape index (κ3) is 12.0. The summed E-state index contributed by atoms with van der Waals surface area (Å²) in [5, 5.41) is 18.8. The molecule has 7 nitrogen and oxygen atoms in total. The fourth-order valence-electron chi connectivity index (χ4n) is 5.02. The first-order valence-corrected chi connectivity index (χ1v) is 16.4. The molecule has 2 N–H and O–H groups in total. The molecule has 0 heterocycles. The number of aryl methyl sites for hydroxylation is 3. The van der Waals surface area contributed by atoms with Gasteiger partial charge in [-0.2, -0.15) is 0 Å². The Morgan fingerprint density at radius 2 is 1.36 bits per heavy atom. The number of hydrogen-bond acceptors (Lipinski definition) is 7. The highest BCUT2D eigenvalue weighted by Gasteiger charge is 2.15. The predicted molar refractivity (Wildman–Crippen MR) is 178 cm³/mol. The van der Waals surface area contributed by atoms with Crippen molar-refractivity contribution in [3.05, 3.63) is 82.9 Å². The lowest BCUT2D eigenvalue weighted by molar-refractivity contribution is -0.143. The number of unbranched alkanes of at least 4 members (excludes halogenated alkanes) is 2. The molecule has 3 aromatic rings. The Morgan fingerprint density at radius 1 is 0.689 bits per heavy atom. The molecular formula is C38H50O7. The van der Waals surface area contributed by atoms with Gasteiger partial charge in [0, 0.05) is 44.0 Å². The van der Waals surface area contributed by atoms with E-state index in [-0.39, 0.29) is 44.1 Å². The zero-order chi connectivity index (χ0) is 32.4. The molecule has 45 heavy (non-hydrogen) atoms. The highest BCUT2D eigenvalue weighted by molar-refractivity contribution is 5.78. The molecule has 0 atom stereocenters. The summed E-state index contributed by atoms with van der Waals surface area (Å²) in [6.45, 7) is 6.06. The summed E-state index contributed by atoms with van der Waals surface area (Å²) in [6.07, 6.45) is 8.03. The normalized spacial score (nSPS) is 11.1. The van der Waals surface area contributed by atoms with Crippen LogP contribution in [0.4, 0.5) is 0 Å². The second kappa shape index (κ2) is 19.7. The predicted octanol–water partition coefficient (Wildman–Crippen LogP) is 7.05. The van der Waals surface area contributed by atoms with Crippen LogP contribution in [0, 0.1) is 5.92 Å². The van der Waals surface area contributed by atoms with E-state index in [1.165, 1.54) is 30.4 Å². The van der Waals surface area contributed by atoms with E-state index in [0.29, 0.717) is 37.4 Å². The maximum Gasteiger partial charge on any atom is 0.310 e. The minimum atomic E-state index is -0.305. The lowest BCUT2D eigenvalue weighted by Gasteiger charge is -2.17. The Balaban J connectivity index is 1.82. The van der Waals surface area contributed by atoms with E-state index < -0.39 is 0 Å². The molecule has 244 valence electrons. The summed E-state index contributed by atoms with van der Waals surface area (Å²) < 4.78 is 17.2. The number of ether oxygens (including phenoxy) is 3. The zero-order valence-electron chi connectivity index (χ0n) is 27.2. The van der Waals surface area contributed by atoms with Crippen molar-refractivity contribution in [3.63, 3.8) is 0 Å². The number of carbonyl (C=O) groups excluding carboxylic acids is 2. The van der Waals surface area contributed by atoms with E-state index in [1.54, 1.807) is 13.8 Å². The van der Waals surface area contributed by atoms with Gasteiger partial charge in [-0.25, -0.2) is 0 Å². The maximum atomic E-state index is 12.4. The fourth-order valence-corrected chi connectivity index (χ4v) is 5.02. The van der Waals surface area contributed by atoms with Gasteiger partial charge in [-0.05, 0) is 78.1 Å². The SMILES string of the molecule is CCCCCc1ccc(CCc2ccc(-c3ccc(OCCC(CO)CO)c(CCOC(=O)CC)c3)c(OC(=O)CC)c2)cc1. The minimum Gasteiger partial charge on any atom is -0.493 e. The third-order valence-electron chi connectivity index (χ3n) is 7.95. The molecule has 0 saturated heterocycles. The molecule has 3 aromatic carbocycles. The highest BCUT2D eigenvalue weighted by Crippen LogP contribution is 2.35. The van der Waals surface area contributed by atoms with Crippen molar-refractivity contribution in [1.82, 2.24) is 0 Å². The van der Waals surface area contributed by atoms with Crippen LogP contribution in [-0.2, 0) is 40.0 Å². The molecule has 3 rings (SSSR count). The molecule has 7 heteroatoms. The first-order valence-electron chi connectivity index (χ1n) is 16.4. The van der Waals surface area contributed by atoms with E-state index >= 15 is 0 Å². The van der Waals surface area contributed by atoms with Gasteiger partial charge in [-0.1, -0.05) is 76.1 Å². The monoisotopic (exact) mass is 618 g/mol. The summed E-state index contributed by atoms with van der Waals surface area (Å²) in [5.74, 6) is 0.329. The molecular weight excluding hydrogens is 568 g/mol. The lowest BCUT2D eigenvalue weighted by Crippen LogP contribution is -2.15. The van der Waals surface area contributed by atoms with Crippen LogP contribution >= 0.6 is 0 Å². The van der Waals surface area contributed by atoms with E-state index in [2.05, 4.69) is 37.3 Å². The summed E-state index contributed by atoms with van der Waals surface area (Å²) in [7, 11) is 0. The molecule has 0 spiro atoms. The van der Waals surface area contributed by atoms with Crippen LogP contribution in [0.15, 0.2) is 60.7 Å². The molecule has 0 saturated carbocycles. The summed E-state index contributed by atoms with van der Waals surface area (Å²) in [6, 6.07) is 20.7. The van der Waals surface area contributed by atoms with Crippen molar-refractivity contribution in [2.45, 2.75) is 85.0 Å². The average Bonchev–Trinajstić information content (AvgIpc) is 3.07. The van der Waals surface area contributed by atoms with Crippen LogP contribution in [0.5, 0.6) is 11.5 Å². The molecule has 0 aliphatic heterocycles. The number of esters is 2. The van der Waals surface area contributed by atoms with Crippen LogP contribution in [0.3, 0.4) is 0 Å². The number of aliphatic hydroxyl groups is 2. The largest absolute Gasteiger partial charge is 0.493 e. The van der Waals surface area contributed by atoms with Gasteiger partial charge in [0.15, 0.2) is 0 Å². The third-order valence-corrected chi connectivity index (χ3v) is 7.95. The molecule has 0 aromatic heterocycles. The maximum absolute atomic E-state index is 12.4. The Morgan fingerprint density at radius 3 is 2.02 bits per heavy atom. The van der Waals surface area contributed by atoms with E-state index in [4.69, 9.17) is 14.2 Å². The van der Waals surface area contributed by atoms with Gasteiger partial charge in [0.05, 0.1) is 13.2 Å². The Bertz CT molecular complexity index is 1330. The highest BCUT2D eigenvalue weighted by atomic mass is 16.5. The van der Waals surface area contributed by atoms with Crippen molar-refractivity contribution in [2.75, 3.05) is 26.4 Å². The van der Waals surface area contributed by atoms with E-state index in [0.717, 1.165) is 41.5 Å². The summed E-state index contributed by atoms with van der Waals surface area (Å²) in [4.78, 5) is 24.2. The van der Waals surface area contributed by atoms with Gasteiger partial charge in [0.1, 0.15) is 11.5 Å². The Hall–Kier alpha value is -3.68. The lowest BCUT2D eigenvalue weighted by atomic mass is 9.96. The number of benzene rings is 3. The van der Waals surface area contributed by atoms with Crippen LogP contribution in [0.25, 0.3) is 11.1 Å². The summed E-state index contributed by atoms with van der Waals surface area (Å²) >= 11 is 0. The van der Waals surface area contributed by atoms with E-state index in [9.17, 15) is 19.8 Å². The number of aliphatic hydroxyl groups excluding tert-OH is 2. The fraction of sp³-hybridized carbons (Fsp3) is 0.474. The summed E-state index contributed by atoms with van der Waals surface area (Å²) in [5.41, 5.74) is 6.22. The standard InChI is InChI=1S/C38H50O7/c1-4-7-8-9-28-10-12-29(13-11-28)14-15-30-16-18-34(36(24-30)45-38(42)6-3)32-17-19-35(43-22-20-31(26-39)27-40)33(25-32)21-23-44-37(41)5-2/h10-13,16-19,24-25,31,39-40H,4-9,14-15,20-23,26-27H2,1-3H3. The minimum absolute atomic E-state index is 0.112. The molecule has 0 unspecified atom stereocenters. The van der Waals surface area contributed by atoms with Gasteiger partial charge in [-0.15, -0.1) is 0 Å². The van der Waals surface area contributed by atoms with Gasteiger partial charge in [-0.3, -0.25) is 9.59 Å². The van der Waals surface area contributed by atoms with Gasteiger partial charge in [0.25, 0.3) is 0 Å². The Labute approximate surface area is 268 Å². The average molecular weight is 619 g/mol. The topological polar surface area (TPSA) is 102 Å². The molecule has 0 aliphatic carbocycles. The zero-order valence-corrected chi connectivity index (χ0v) is 27.2. The molecule has 0 fully saturated rings. The van der Waals surface area contributed by atoms with E-state index in [1.807, 2.05) is 30.3 Å². The van der Waals surface area contributed by atoms with Gasteiger partial charge >= 0.3 is 11.9 Å². The van der Waals surface area contributed by atoms with Crippen LogP contribution < -0.4 is 9.47 Å². The van der Waals surface area contributed by atoms with Crippen LogP contribution in [0.2, 0.25) is 0 Å². The number of carbonyl (C=O) groups is 2. The van der Waals surface area contributed by atoms with Gasteiger partial charge in [0.2, 0.25) is 0 Å². The smallest absolute Gasteiger partial charge is 0.310 e.